The van der Waals surface area contributed by atoms with Crippen LogP contribution in [0, 0.1) is 11.3 Å². The summed E-state index contributed by atoms with van der Waals surface area (Å²) < 4.78 is 16.3. The molecule has 1 atom stereocenters. The minimum Gasteiger partial charge on any atom is -0.497 e. The van der Waals surface area contributed by atoms with Crippen molar-refractivity contribution in [2.24, 2.45) is 0 Å². The van der Waals surface area contributed by atoms with Gasteiger partial charge in [0.05, 0.1) is 45.0 Å². The number of esters is 1. The molecule has 1 aliphatic heterocycles. The number of nitriles is 1. The van der Waals surface area contributed by atoms with Gasteiger partial charge in [-0.1, -0.05) is 24.3 Å². The fraction of sp³-hybridized carbons (Fsp3) is 0.423. The van der Waals surface area contributed by atoms with E-state index < -0.39 is 0 Å². The molecule has 2 aromatic carbocycles. The normalized spacial score (nSPS) is 14.8. The van der Waals surface area contributed by atoms with Gasteiger partial charge >= 0.3 is 5.97 Å². The van der Waals surface area contributed by atoms with E-state index in [1.165, 1.54) is 7.11 Å². The number of benzene rings is 2. The van der Waals surface area contributed by atoms with Crippen LogP contribution in [-0.2, 0) is 25.7 Å². The fourth-order valence-electron chi connectivity index (χ4n) is 3.85. The molecule has 0 aliphatic carbocycles. The van der Waals surface area contributed by atoms with Crippen molar-refractivity contribution >= 4 is 11.9 Å². The quantitative estimate of drug-likeness (QED) is 0.498. The lowest BCUT2D eigenvalue weighted by Gasteiger charge is -2.36. The van der Waals surface area contributed by atoms with Gasteiger partial charge in [0, 0.05) is 39.1 Å². The molecule has 180 valence electrons. The van der Waals surface area contributed by atoms with Gasteiger partial charge in [-0.05, 0) is 35.4 Å². The van der Waals surface area contributed by atoms with E-state index in [-0.39, 0.29) is 30.8 Å². The van der Waals surface area contributed by atoms with E-state index in [1.54, 1.807) is 24.1 Å². The Kier molecular flexibility index (Phi) is 9.44. The van der Waals surface area contributed by atoms with E-state index in [0.717, 1.165) is 30.0 Å². The van der Waals surface area contributed by atoms with Crippen LogP contribution in [0.15, 0.2) is 48.5 Å². The summed E-state index contributed by atoms with van der Waals surface area (Å²) in [6.07, 6.45) is 0.0935. The lowest BCUT2D eigenvalue weighted by molar-refractivity contribution is -0.144. The lowest BCUT2D eigenvalue weighted by atomic mass is 10.1. The van der Waals surface area contributed by atoms with Crippen LogP contribution in [-0.4, -0.2) is 68.6 Å². The Hall–Kier alpha value is -3.41. The Morgan fingerprint density at radius 3 is 2.41 bits per heavy atom. The van der Waals surface area contributed by atoms with Crippen molar-refractivity contribution in [1.82, 2.24) is 9.80 Å². The maximum absolute atomic E-state index is 12.4. The largest absolute Gasteiger partial charge is 0.497 e. The predicted molar refractivity (Wildman–Crippen MR) is 126 cm³/mol. The molecule has 0 N–H and O–H groups in total. The van der Waals surface area contributed by atoms with Crippen molar-refractivity contribution in [3.05, 3.63) is 65.2 Å². The molecule has 8 heteroatoms. The standard InChI is InChI=1S/C26H31N3O5/c1-32-23-5-3-4-22(16-23)24(34-19-21-8-6-20(17-27)7-9-21)18-28-12-14-29(15-13-28)25(30)10-11-26(31)33-2/h3-9,16,24H,10-15,18-19H2,1-2H3/t24-/m0/s1. The maximum Gasteiger partial charge on any atom is 0.306 e. The molecule has 0 bridgehead atoms. The first kappa shape index (κ1) is 25.2. The zero-order chi connectivity index (χ0) is 24.3. The summed E-state index contributed by atoms with van der Waals surface area (Å²) in [5.74, 6) is 0.379. The number of carbonyl (C=O) groups excluding carboxylic acids is 2. The van der Waals surface area contributed by atoms with E-state index in [9.17, 15) is 9.59 Å². The van der Waals surface area contributed by atoms with Crippen LogP contribution in [0.5, 0.6) is 5.75 Å². The Balaban J connectivity index is 1.60. The van der Waals surface area contributed by atoms with Crippen molar-refractivity contribution in [1.29, 1.82) is 5.26 Å². The zero-order valence-corrected chi connectivity index (χ0v) is 19.7. The van der Waals surface area contributed by atoms with Crippen molar-refractivity contribution in [3.63, 3.8) is 0 Å². The number of methoxy groups -OCH3 is 2. The molecule has 0 unspecified atom stereocenters. The van der Waals surface area contributed by atoms with Crippen molar-refractivity contribution in [3.8, 4) is 11.8 Å². The van der Waals surface area contributed by atoms with E-state index in [0.29, 0.717) is 31.8 Å². The van der Waals surface area contributed by atoms with Crippen LogP contribution < -0.4 is 4.74 Å². The highest BCUT2D eigenvalue weighted by Gasteiger charge is 2.24. The molecule has 1 heterocycles. The van der Waals surface area contributed by atoms with Crippen molar-refractivity contribution < 1.29 is 23.8 Å². The van der Waals surface area contributed by atoms with Crippen LogP contribution >= 0.6 is 0 Å². The number of nitrogens with zero attached hydrogens (tertiary/aromatic N) is 3. The summed E-state index contributed by atoms with van der Waals surface area (Å²) in [6, 6.07) is 17.4. The number of rotatable bonds is 10. The zero-order valence-electron chi connectivity index (χ0n) is 19.7. The Bertz CT molecular complexity index is 994. The molecule has 1 saturated heterocycles. The molecule has 34 heavy (non-hydrogen) atoms. The topological polar surface area (TPSA) is 92.1 Å². The van der Waals surface area contributed by atoms with Gasteiger partial charge in [-0.15, -0.1) is 0 Å². The van der Waals surface area contributed by atoms with E-state index >= 15 is 0 Å². The number of amides is 1. The first-order chi connectivity index (χ1) is 16.5. The molecule has 0 saturated carbocycles. The van der Waals surface area contributed by atoms with Crippen molar-refractivity contribution in [2.45, 2.75) is 25.6 Å². The van der Waals surface area contributed by atoms with E-state index in [2.05, 4.69) is 15.7 Å². The molecule has 3 rings (SSSR count). The van der Waals surface area contributed by atoms with Crippen LogP contribution in [0.2, 0.25) is 0 Å². The Morgan fingerprint density at radius 2 is 1.76 bits per heavy atom. The number of carbonyl (C=O) groups is 2. The highest BCUT2D eigenvalue weighted by Crippen LogP contribution is 2.25. The number of hydrogen-bond acceptors (Lipinski definition) is 7. The van der Waals surface area contributed by atoms with Crippen LogP contribution in [0.3, 0.4) is 0 Å². The highest BCUT2D eigenvalue weighted by atomic mass is 16.5. The third-order valence-electron chi connectivity index (χ3n) is 5.92. The summed E-state index contributed by atoms with van der Waals surface area (Å²) >= 11 is 0. The summed E-state index contributed by atoms with van der Waals surface area (Å²) in [5.41, 5.74) is 2.63. The molecular formula is C26H31N3O5. The summed E-state index contributed by atoms with van der Waals surface area (Å²) in [7, 11) is 2.97. The molecule has 2 aromatic rings. The molecular weight excluding hydrogens is 434 g/mol. The second kappa shape index (κ2) is 12.7. The summed E-state index contributed by atoms with van der Waals surface area (Å²) in [6.45, 7) is 3.77. The molecule has 0 radical (unpaired) electrons. The minimum absolute atomic E-state index is 0.0218. The van der Waals surface area contributed by atoms with Crippen LogP contribution in [0.4, 0.5) is 0 Å². The van der Waals surface area contributed by atoms with Gasteiger partial charge in [0.15, 0.2) is 0 Å². The van der Waals surface area contributed by atoms with Gasteiger partial charge in [0.2, 0.25) is 5.91 Å². The molecule has 0 aromatic heterocycles. The number of ether oxygens (including phenoxy) is 3. The number of hydrogen-bond donors (Lipinski definition) is 0. The monoisotopic (exact) mass is 465 g/mol. The first-order valence-corrected chi connectivity index (χ1v) is 11.3. The molecule has 8 nitrogen and oxygen atoms in total. The SMILES string of the molecule is COC(=O)CCC(=O)N1CCN(C[C@H](OCc2ccc(C#N)cc2)c2cccc(OC)c2)CC1. The minimum atomic E-state index is -0.368. The Labute approximate surface area is 200 Å². The van der Waals surface area contributed by atoms with E-state index in [1.807, 2.05) is 36.4 Å². The Morgan fingerprint density at radius 1 is 1.03 bits per heavy atom. The fourth-order valence-corrected chi connectivity index (χ4v) is 3.85. The van der Waals surface area contributed by atoms with Crippen LogP contribution in [0.1, 0.15) is 35.6 Å². The van der Waals surface area contributed by atoms with Gasteiger partial charge in [-0.3, -0.25) is 14.5 Å². The molecule has 1 aliphatic rings. The maximum atomic E-state index is 12.4. The average molecular weight is 466 g/mol. The van der Waals surface area contributed by atoms with Gasteiger partial charge in [0.1, 0.15) is 5.75 Å². The van der Waals surface area contributed by atoms with Crippen LogP contribution in [0.25, 0.3) is 0 Å². The molecule has 1 fully saturated rings. The summed E-state index contributed by atoms with van der Waals surface area (Å²) in [5, 5.41) is 9.00. The van der Waals surface area contributed by atoms with Gasteiger partial charge in [-0.25, -0.2) is 0 Å². The third kappa shape index (κ3) is 7.30. The second-order valence-electron chi connectivity index (χ2n) is 8.14. The van der Waals surface area contributed by atoms with Crippen molar-refractivity contribution in [2.75, 3.05) is 46.9 Å². The van der Waals surface area contributed by atoms with E-state index in [4.69, 9.17) is 14.7 Å². The van der Waals surface area contributed by atoms with Gasteiger partial charge in [0.25, 0.3) is 0 Å². The predicted octanol–water partition coefficient (Wildman–Crippen LogP) is 2.92. The third-order valence-corrected chi connectivity index (χ3v) is 5.92. The van der Waals surface area contributed by atoms with Gasteiger partial charge in [-0.2, -0.15) is 5.26 Å². The average Bonchev–Trinajstić information content (AvgIpc) is 2.90. The number of piperazine rings is 1. The lowest BCUT2D eigenvalue weighted by Crippen LogP contribution is -2.49. The first-order valence-electron chi connectivity index (χ1n) is 11.3. The molecule has 1 amide bonds. The second-order valence-corrected chi connectivity index (χ2v) is 8.14. The highest BCUT2D eigenvalue weighted by molar-refractivity contribution is 5.81. The molecule has 0 spiro atoms. The summed E-state index contributed by atoms with van der Waals surface area (Å²) in [4.78, 5) is 27.8. The smallest absolute Gasteiger partial charge is 0.306 e. The van der Waals surface area contributed by atoms with Gasteiger partial charge < -0.3 is 19.1 Å².